The fourth-order valence-electron chi connectivity index (χ4n) is 7.63. The minimum atomic E-state index is -0.538. The number of aromatic hydroxyl groups is 1. The number of hydrazine groups is 1. The number of fused-ring (bicyclic) bond motifs is 2. The summed E-state index contributed by atoms with van der Waals surface area (Å²) < 4.78 is 14.3. The van der Waals surface area contributed by atoms with Crippen molar-refractivity contribution >= 4 is 5.91 Å². The van der Waals surface area contributed by atoms with Gasteiger partial charge in [0.25, 0.3) is 0 Å². The van der Waals surface area contributed by atoms with Gasteiger partial charge < -0.3 is 19.9 Å². The van der Waals surface area contributed by atoms with Gasteiger partial charge >= 0.3 is 0 Å². The number of rotatable bonds is 6. The number of carbonyl (C=O) groups excluding carboxylic acids is 1. The van der Waals surface area contributed by atoms with Gasteiger partial charge in [-0.1, -0.05) is 6.92 Å². The number of aromatic amines is 1. The maximum absolute atomic E-state index is 14.3. The molecule has 3 fully saturated rings. The van der Waals surface area contributed by atoms with E-state index in [1.807, 2.05) is 4.90 Å². The molecule has 9 nitrogen and oxygen atoms in total. The van der Waals surface area contributed by atoms with Crippen molar-refractivity contribution in [2.75, 3.05) is 27.2 Å². The van der Waals surface area contributed by atoms with Gasteiger partial charge in [-0.3, -0.25) is 15.1 Å². The minimum absolute atomic E-state index is 0.0445. The van der Waals surface area contributed by atoms with Gasteiger partial charge in [0.15, 0.2) is 11.6 Å². The van der Waals surface area contributed by atoms with Crippen molar-refractivity contribution in [2.45, 2.75) is 102 Å². The van der Waals surface area contributed by atoms with E-state index in [2.05, 4.69) is 67.4 Å². The van der Waals surface area contributed by atoms with Crippen LogP contribution >= 0.6 is 0 Å². The average molecular weight is 568 g/mol. The highest BCUT2D eigenvalue weighted by Gasteiger charge is 2.48. The molecule has 4 aliphatic rings. The molecule has 6 rings (SSSR count). The highest BCUT2D eigenvalue weighted by Crippen LogP contribution is 2.45. The van der Waals surface area contributed by atoms with Crippen LogP contribution in [-0.2, 0) is 24.2 Å². The predicted octanol–water partition coefficient (Wildman–Crippen LogP) is 3.22. The quantitative estimate of drug-likeness (QED) is 0.426. The van der Waals surface area contributed by atoms with Crippen LogP contribution < -0.4 is 10.9 Å². The molecule has 0 spiro atoms. The number of hydrogen-bond acceptors (Lipinski definition) is 7. The lowest BCUT2D eigenvalue weighted by Crippen LogP contribution is -2.70. The molecular formula is C31H46FN7O2. The highest BCUT2D eigenvalue weighted by atomic mass is 19.1. The Bertz CT molecular complexity index is 1300. The second-order valence-corrected chi connectivity index (χ2v) is 13.5. The Morgan fingerprint density at radius 3 is 2.68 bits per heavy atom. The molecule has 4 unspecified atom stereocenters. The van der Waals surface area contributed by atoms with Crippen molar-refractivity contribution in [1.82, 2.24) is 35.5 Å². The molecule has 2 saturated heterocycles. The number of halogens is 1. The summed E-state index contributed by atoms with van der Waals surface area (Å²) in [7, 11) is 4.16. The molecule has 0 radical (unpaired) electrons. The summed E-state index contributed by atoms with van der Waals surface area (Å²) in [4.78, 5) is 28.9. The van der Waals surface area contributed by atoms with E-state index in [1.54, 1.807) is 12.1 Å². The van der Waals surface area contributed by atoms with Gasteiger partial charge in [0.1, 0.15) is 5.82 Å². The SMILES string of the molecule is CCc1cc(O)c(F)cc1C1CCC2C(C1)NNC2c1nc2c([nH]1)CN(C(C)C)[C@H](C(=O)N1CC(C)(N(C)C)C1)C2. The Hall–Kier alpha value is -2.53. The van der Waals surface area contributed by atoms with Crippen LogP contribution in [0.2, 0.25) is 0 Å². The molecule has 4 N–H and O–H groups in total. The summed E-state index contributed by atoms with van der Waals surface area (Å²) in [6.45, 7) is 10.8. The molecular weight excluding hydrogens is 521 g/mol. The second kappa shape index (κ2) is 10.6. The number of phenols is 1. The van der Waals surface area contributed by atoms with Gasteiger partial charge in [-0.2, -0.15) is 0 Å². The molecule has 1 amide bonds. The minimum Gasteiger partial charge on any atom is -0.505 e. The zero-order valence-corrected chi connectivity index (χ0v) is 25.3. The molecule has 1 aromatic carbocycles. The first-order valence-electron chi connectivity index (χ1n) is 15.3. The van der Waals surface area contributed by atoms with Crippen molar-refractivity contribution in [3.8, 4) is 5.75 Å². The monoisotopic (exact) mass is 567 g/mol. The summed E-state index contributed by atoms with van der Waals surface area (Å²) in [5, 5.41) is 9.88. The van der Waals surface area contributed by atoms with Crippen molar-refractivity contribution in [3.05, 3.63) is 46.3 Å². The number of H-pyrrole nitrogens is 1. The molecule has 5 atom stereocenters. The van der Waals surface area contributed by atoms with Crippen LogP contribution in [0.25, 0.3) is 0 Å². The van der Waals surface area contributed by atoms with Gasteiger partial charge in [-0.05, 0) is 95.6 Å². The number of benzene rings is 1. The first-order valence-corrected chi connectivity index (χ1v) is 15.3. The summed E-state index contributed by atoms with van der Waals surface area (Å²) in [5.74, 6) is 0.974. The zero-order valence-electron chi connectivity index (χ0n) is 25.3. The number of hydrogen-bond donors (Lipinski definition) is 4. The number of aromatic nitrogens is 2. The fraction of sp³-hybridized carbons (Fsp3) is 0.677. The van der Waals surface area contributed by atoms with Crippen molar-refractivity contribution < 1.29 is 14.3 Å². The summed E-state index contributed by atoms with van der Waals surface area (Å²) in [6.07, 6.45) is 4.27. The van der Waals surface area contributed by atoms with Crippen molar-refractivity contribution in [2.24, 2.45) is 5.92 Å². The molecule has 2 aromatic rings. The Balaban J connectivity index is 1.16. The van der Waals surface area contributed by atoms with Gasteiger partial charge in [0.05, 0.1) is 29.0 Å². The van der Waals surface area contributed by atoms with Gasteiger partial charge in [0.2, 0.25) is 5.91 Å². The summed E-state index contributed by atoms with van der Waals surface area (Å²) in [6, 6.07) is 3.50. The second-order valence-electron chi connectivity index (χ2n) is 13.5. The van der Waals surface area contributed by atoms with E-state index in [0.717, 1.165) is 67.1 Å². The van der Waals surface area contributed by atoms with Crippen molar-refractivity contribution in [1.29, 1.82) is 0 Å². The number of amides is 1. The Labute approximate surface area is 242 Å². The molecule has 4 heterocycles. The van der Waals surface area contributed by atoms with Crippen LogP contribution in [0.15, 0.2) is 12.1 Å². The average Bonchev–Trinajstić information content (AvgIpc) is 3.54. The van der Waals surface area contributed by atoms with Crippen LogP contribution in [0.4, 0.5) is 4.39 Å². The molecule has 41 heavy (non-hydrogen) atoms. The maximum atomic E-state index is 14.3. The summed E-state index contributed by atoms with van der Waals surface area (Å²) in [5.41, 5.74) is 11.3. The normalized spacial score (nSPS) is 29.5. The third-order valence-electron chi connectivity index (χ3n) is 10.5. The van der Waals surface area contributed by atoms with Crippen LogP contribution in [-0.4, -0.2) is 86.5 Å². The number of nitrogens with zero attached hydrogens (tertiary/aromatic N) is 4. The molecule has 224 valence electrons. The largest absolute Gasteiger partial charge is 0.505 e. The molecule has 10 heteroatoms. The zero-order chi connectivity index (χ0) is 29.2. The van der Waals surface area contributed by atoms with Crippen LogP contribution in [0, 0.1) is 11.7 Å². The van der Waals surface area contributed by atoms with E-state index in [0.29, 0.717) is 18.9 Å². The Kier molecular flexibility index (Phi) is 7.41. The molecule has 3 aliphatic heterocycles. The van der Waals surface area contributed by atoms with Crippen LogP contribution in [0.3, 0.4) is 0 Å². The molecule has 1 aromatic heterocycles. The molecule has 0 bridgehead atoms. The van der Waals surface area contributed by atoms with Crippen LogP contribution in [0.5, 0.6) is 5.75 Å². The number of phenolic OH excluding ortho intramolecular Hbond substituents is 1. The van der Waals surface area contributed by atoms with E-state index in [1.165, 1.54) is 0 Å². The summed E-state index contributed by atoms with van der Waals surface area (Å²) >= 11 is 0. The predicted molar refractivity (Wildman–Crippen MR) is 156 cm³/mol. The standard InChI is InChI=1S/C31H46FN7O2/c1-7-18-11-27(40)22(32)12-21(18)19-8-9-20-23(10-19)35-36-28(20)29-33-24-13-26(39(17(2)3)14-25(24)34-29)30(41)38-15-31(4,16-38)37(5)6/h11-12,17,19-20,23,26,28,35-36,40H,7-10,13-16H2,1-6H3,(H,33,34)/t19?,20?,23?,26-,28?/m0/s1. The number of imidazole rings is 1. The topological polar surface area (TPSA) is 99.8 Å². The molecule has 1 aliphatic carbocycles. The third-order valence-corrected chi connectivity index (χ3v) is 10.5. The number of nitrogens with one attached hydrogen (secondary N) is 3. The van der Waals surface area contributed by atoms with E-state index in [4.69, 9.17) is 4.98 Å². The first kappa shape index (κ1) is 28.6. The number of likely N-dealkylation sites (tertiary alicyclic amines) is 1. The van der Waals surface area contributed by atoms with E-state index in [9.17, 15) is 14.3 Å². The Morgan fingerprint density at radius 1 is 1.24 bits per heavy atom. The third kappa shape index (κ3) is 4.96. The number of aryl methyl sites for hydroxylation is 1. The van der Waals surface area contributed by atoms with E-state index in [-0.39, 0.29) is 47.3 Å². The smallest absolute Gasteiger partial charge is 0.240 e. The maximum Gasteiger partial charge on any atom is 0.240 e. The van der Waals surface area contributed by atoms with Gasteiger partial charge in [0, 0.05) is 38.1 Å². The van der Waals surface area contributed by atoms with Crippen LogP contribution in [0.1, 0.15) is 87.3 Å². The molecule has 1 saturated carbocycles. The first-order chi connectivity index (χ1) is 19.5. The van der Waals surface area contributed by atoms with E-state index < -0.39 is 5.82 Å². The lowest BCUT2D eigenvalue weighted by molar-refractivity contribution is -0.150. The van der Waals surface area contributed by atoms with Gasteiger partial charge in [-0.25, -0.2) is 14.8 Å². The fourth-order valence-corrected chi connectivity index (χ4v) is 7.63. The van der Waals surface area contributed by atoms with Crippen molar-refractivity contribution in [3.63, 3.8) is 0 Å². The highest BCUT2D eigenvalue weighted by molar-refractivity contribution is 5.83. The Morgan fingerprint density at radius 2 is 2.00 bits per heavy atom. The number of carbonyl (C=O) groups is 1. The van der Waals surface area contributed by atoms with E-state index >= 15 is 0 Å². The lowest BCUT2D eigenvalue weighted by atomic mass is 9.73. The number of likely N-dealkylation sites (N-methyl/N-ethyl adjacent to an activating group) is 1. The van der Waals surface area contributed by atoms with Gasteiger partial charge in [-0.15, -0.1) is 0 Å². The lowest BCUT2D eigenvalue weighted by Gasteiger charge is -2.53.